The quantitative estimate of drug-likeness (QED) is 0.676. The molecular formula is C11H13BrN2O. The largest absolute Gasteiger partial charge is 0.307 e. The van der Waals surface area contributed by atoms with Gasteiger partial charge in [-0.25, -0.2) is 4.98 Å². The van der Waals surface area contributed by atoms with Gasteiger partial charge < -0.3 is 5.32 Å². The lowest BCUT2D eigenvalue weighted by Gasteiger charge is -2.04. The Balaban J connectivity index is 2.70. The van der Waals surface area contributed by atoms with Gasteiger partial charge in [0.2, 0.25) is 0 Å². The van der Waals surface area contributed by atoms with E-state index in [-0.39, 0.29) is 5.91 Å². The van der Waals surface area contributed by atoms with Gasteiger partial charge in [-0.05, 0) is 41.4 Å². The van der Waals surface area contributed by atoms with Crippen molar-refractivity contribution < 1.29 is 4.79 Å². The summed E-state index contributed by atoms with van der Waals surface area (Å²) < 4.78 is 0.706. The van der Waals surface area contributed by atoms with E-state index in [2.05, 4.69) is 26.2 Å². The molecule has 0 aliphatic carbocycles. The van der Waals surface area contributed by atoms with Crippen molar-refractivity contribution in [1.82, 2.24) is 4.98 Å². The molecule has 1 aromatic rings. The fourth-order valence-corrected chi connectivity index (χ4v) is 1.44. The number of rotatable bonds is 3. The molecule has 0 aromatic carbocycles. The Hall–Kier alpha value is -1.16. The minimum Gasteiger partial charge on any atom is -0.307 e. The van der Waals surface area contributed by atoms with Gasteiger partial charge in [0.05, 0.1) is 0 Å². The molecule has 0 aliphatic rings. The summed E-state index contributed by atoms with van der Waals surface area (Å²) in [5, 5.41) is 2.72. The highest BCUT2D eigenvalue weighted by atomic mass is 79.9. The zero-order valence-electron chi connectivity index (χ0n) is 8.75. The van der Waals surface area contributed by atoms with Gasteiger partial charge in [-0.15, -0.1) is 0 Å². The van der Waals surface area contributed by atoms with E-state index in [1.807, 2.05) is 25.1 Å². The standard InChI is InChI=1S/C11H13BrN2O/c1-3-5-8(2)11(15)14-10-7-4-6-9(12)13-10/h4-7H,3H2,1-2H3,(H,13,14,15)/b8-5+. The van der Waals surface area contributed by atoms with Crippen LogP contribution in [0.1, 0.15) is 20.3 Å². The fraction of sp³-hybridized carbons (Fsp3) is 0.273. The van der Waals surface area contributed by atoms with Gasteiger partial charge in [0.1, 0.15) is 10.4 Å². The minimum absolute atomic E-state index is 0.109. The van der Waals surface area contributed by atoms with Crippen molar-refractivity contribution in [2.75, 3.05) is 5.32 Å². The molecule has 1 N–H and O–H groups in total. The number of amides is 1. The smallest absolute Gasteiger partial charge is 0.252 e. The number of aromatic nitrogens is 1. The minimum atomic E-state index is -0.109. The zero-order valence-corrected chi connectivity index (χ0v) is 10.3. The van der Waals surface area contributed by atoms with Crippen LogP contribution in [0.2, 0.25) is 0 Å². The molecule has 4 heteroatoms. The van der Waals surface area contributed by atoms with Crippen molar-refractivity contribution >= 4 is 27.7 Å². The third-order valence-electron chi connectivity index (χ3n) is 1.83. The van der Waals surface area contributed by atoms with Crippen molar-refractivity contribution in [3.8, 4) is 0 Å². The first-order valence-corrected chi connectivity index (χ1v) is 5.53. The van der Waals surface area contributed by atoms with E-state index in [0.29, 0.717) is 16.0 Å². The van der Waals surface area contributed by atoms with Crippen molar-refractivity contribution in [3.05, 3.63) is 34.5 Å². The van der Waals surface area contributed by atoms with Crippen LogP contribution >= 0.6 is 15.9 Å². The lowest BCUT2D eigenvalue weighted by Crippen LogP contribution is -2.13. The third kappa shape index (κ3) is 3.83. The molecule has 1 aromatic heterocycles. The van der Waals surface area contributed by atoms with Crippen molar-refractivity contribution in [3.63, 3.8) is 0 Å². The Bertz CT molecular complexity index is 388. The van der Waals surface area contributed by atoms with Crippen LogP contribution < -0.4 is 5.32 Å². The molecule has 1 rings (SSSR count). The topological polar surface area (TPSA) is 42.0 Å². The van der Waals surface area contributed by atoms with Gasteiger partial charge >= 0.3 is 0 Å². The van der Waals surface area contributed by atoms with E-state index in [1.165, 1.54) is 0 Å². The van der Waals surface area contributed by atoms with Crippen LogP contribution in [0, 0.1) is 0 Å². The number of allylic oxidation sites excluding steroid dienone is 1. The molecule has 0 radical (unpaired) electrons. The maximum atomic E-state index is 11.6. The first kappa shape index (κ1) is 11.9. The van der Waals surface area contributed by atoms with Crippen LogP contribution in [0.3, 0.4) is 0 Å². The van der Waals surface area contributed by atoms with Crippen molar-refractivity contribution in [2.24, 2.45) is 0 Å². The highest BCUT2D eigenvalue weighted by Gasteiger charge is 2.04. The van der Waals surface area contributed by atoms with Gasteiger partial charge in [-0.1, -0.05) is 19.1 Å². The summed E-state index contributed by atoms with van der Waals surface area (Å²) in [4.78, 5) is 15.7. The van der Waals surface area contributed by atoms with Crippen LogP contribution in [0.25, 0.3) is 0 Å². The SMILES string of the molecule is CC/C=C(\C)C(=O)Nc1cccc(Br)n1. The maximum Gasteiger partial charge on any atom is 0.252 e. The molecule has 80 valence electrons. The average Bonchev–Trinajstić information content (AvgIpc) is 2.18. The number of nitrogens with zero attached hydrogens (tertiary/aromatic N) is 1. The molecule has 1 heterocycles. The molecule has 1 amide bonds. The molecule has 0 saturated heterocycles. The van der Waals surface area contributed by atoms with Crippen molar-refractivity contribution in [1.29, 1.82) is 0 Å². The second kappa shape index (κ2) is 5.66. The molecule has 0 atom stereocenters. The van der Waals surface area contributed by atoms with Crippen LogP contribution in [-0.2, 0) is 4.79 Å². The van der Waals surface area contributed by atoms with E-state index < -0.39 is 0 Å². The summed E-state index contributed by atoms with van der Waals surface area (Å²) in [7, 11) is 0. The summed E-state index contributed by atoms with van der Waals surface area (Å²) in [6.45, 7) is 3.78. The third-order valence-corrected chi connectivity index (χ3v) is 2.27. The Morgan fingerprint density at radius 3 is 2.93 bits per heavy atom. The Labute approximate surface area is 97.7 Å². The molecule has 3 nitrogen and oxygen atoms in total. The number of anilines is 1. The van der Waals surface area contributed by atoms with E-state index in [4.69, 9.17) is 0 Å². The van der Waals surface area contributed by atoms with Gasteiger partial charge in [0, 0.05) is 5.57 Å². The number of pyridine rings is 1. The molecule has 0 spiro atoms. The number of carbonyl (C=O) groups excluding carboxylic acids is 1. The highest BCUT2D eigenvalue weighted by molar-refractivity contribution is 9.10. The number of nitrogens with one attached hydrogen (secondary N) is 1. The lowest BCUT2D eigenvalue weighted by atomic mass is 10.2. The first-order valence-electron chi connectivity index (χ1n) is 4.74. The Kier molecular flexibility index (Phi) is 4.49. The van der Waals surface area contributed by atoms with Gasteiger partial charge in [-0.3, -0.25) is 4.79 Å². The van der Waals surface area contributed by atoms with Gasteiger partial charge in [-0.2, -0.15) is 0 Å². The second-order valence-electron chi connectivity index (χ2n) is 3.10. The van der Waals surface area contributed by atoms with Crippen molar-refractivity contribution in [2.45, 2.75) is 20.3 Å². The van der Waals surface area contributed by atoms with E-state index in [9.17, 15) is 4.79 Å². The molecule has 0 aliphatic heterocycles. The molecule has 0 fully saturated rings. The average molecular weight is 269 g/mol. The monoisotopic (exact) mass is 268 g/mol. The first-order chi connectivity index (χ1) is 7.13. The molecule has 0 unspecified atom stereocenters. The fourth-order valence-electron chi connectivity index (χ4n) is 1.09. The van der Waals surface area contributed by atoms with Crippen LogP contribution in [0.4, 0.5) is 5.82 Å². The van der Waals surface area contributed by atoms with E-state index >= 15 is 0 Å². The summed E-state index contributed by atoms with van der Waals surface area (Å²) in [6.07, 6.45) is 2.73. The highest BCUT2D eigenvalue weighted by Crippen LogP contribution is 2.11. The van der Waals surface area contributed by atoms with Crippen LogP contribution in [-0.4, -0.2) is 10.9 Å². The van der Waals surface area contributed by atoms with E-state index in [0.717, 1.165) is 6.42 Å². The molecule has 0 bridgehead atoms. The second-order valence-corrected chi connectivity index (χ2v) is 3.91. The van der Waals surface area contributed by atoms with Crippen LogP contribution in [0.5, 0.6) is 0 Å². The number of hydrogen-bond acceptors (Lipinski definition) is 2. The van der Waals surface area contributed by atoms with Crippen LogP contribution in [0.15, 0.2) is 34.5 Å². The van der Waals surface area contributed by atoms with E-state index in [1.54, 1.807) is 13.0 Å². The predicted molar refractivity (Wildman–Crippen MR) is 64.6 cm³/mol. The summed E-state index contributed by atoms with van der Waals surface area (Å²) >= 11 is 3.24. The predicted octanol–water partition coefficient (Wildman–Crippen LogP) is 3.14. The maximum absolute atomic E-state index is 11.6. The van der Waals surface area contributed by atoms with Gasteiger partial charge in [0.25, 0.3) is 5.91 Å². The molecule has 15 heavy (non-hydrogen) atoms. The summed E-state index contributed by atoms with van der Waals surface area (Å²) in [6, 6.07) is 5.39. The molecule has 0 saturated carbocycles. The number of carbonyl (C=O) groups is 1. The Morgan fingerprint density at radius 2 is 2.33 bits per heavy atom. The molecular weight excluding hydrogens is 256 g/mol. The lowest BCUT2D eigenvalue weighted by molar-refractivity contribution is -0.112. The zero-order chi connectivity index (χ0) is 11.3. The summed E-state index contributed by atoms with van der Waals surface area (Å²) in [5.41, 5.74) is 0.708. The number of hydrogen-bond donors (Lipinski definition) is 1. The van der Waals surface area contributed by atoms with Gasteiger partial charge in [0.15, 0.2) is 0 Å². The normalized spacial score (nSPS) is 11.3. The summed E-state index contributed by atoms with van der Waals surface area (Å²) in [5.74, 6) is 0.445. The number of halogens is 1. The Morgan fingerprint density at radius 1 is 1.60 bits per heavy atom.